The summed E-state index contributed by atoms with van der Waals surface area (Å²) in [6.07, 6.45) is 5.76. The van der Waals surface area contributed by atoms with Gasteiger partial charge in [-0.1, -0.05) is 30.8 Å². The lowest BCUT2D eigenvalue weighted by Crippen LogP contribution is -2.60. The summed E-state index contributed by atoms with van der Waals surface area (Å²) >= 11 is 1.51. The van der Waals surface area contributed by atoms with Crippen LogP contribution >= 0.6 is 11.8 Å². The number of allylic oxidation sites excluding steroid dienone is 1. The zero-order valence-electron chi connectivity index (χ0n) is 21.6. The largest absolute Gasteiger partial charge is 0.496 e. The van der Waals surface area contributed by atoms with Gasteiger partial charge in [-0.2, -0.15) is 0 Å². The van der Waals surface area contributed by atoms with Crippen LogP contribution in [0.5, 0.6) is 17.2 Å². The molecule has 200 valence electrons. The van der Waals surface area contributed by atoms with Gasteiger partial charge >= 0.3 is 5.97 Å². The number of rotatable bonds is 6. The minimum absolute atomic E-state index is 0.137. The molecule has 2 aromatic carbocycles. The highest BCUT2D eigenvalue weighted by Gasteiger charge is 2.72. The van der Waals surface area contributed by atoms with Crippen LogP contribution in [0.4, 0.5) is 0 Å². The molecular formula is C31H29NO6S. The third kappa shape index (κ3) is 3.18. The molecule has 0 radical (unpaired) electrons. The van der Waals surface area contributed by atoms with Crippen molar-refractivity contribution in [1.29, 1.82) is 0 Å². The summed E-state index contributed by atoms with van der Waals surface area (Å²) in [6, 6.07) is 13.3. The second kappa shape index (κ2) is 8.68. The Morgan fingerprint density at radius 3 is 2.72 bits per heavy atom. The van der Waals surface area contributed by atoms with Gasteiger partial charge in [-0.05, 0) is 54.2 Å². The summed E-state index contributed by atoms with van der Waals surface area (Å²) in [7, 11) is 1.57. The Labute approximate surface area is 230 Å². The minimum Gasteiger partial charge on any atom is -0.496 e. The number of hydrogen-bond donors (Lipinski definition) is 2. The first-order valence-electron chi connectivity index (χ1n) is 13.2. The van der Waals surface area contributed by atoms with Gasteiger partial charge in [-0.15, -0.1) is 11.8 Å². The maximum atomic E-state index is 14.0. The Balaban J connectivity index is 1.35. The number of carbonyl (C=O) groups is 2. The quantitative estimate of drug-likeness (QED) is 0.413. The zero-order chi connectivity index (χ0) is 26.9. The van der Waals surface area contributed by atoms with Crippen molar-refractivity contribution in [2.24, 2.45) is 5.41 Å². The summed E-state index contributed by atoms with van der Waals surface area (Å²) < 4.78 is 17.2. The van der Waals surface area contributed by atoms with E-state index in [1.54, 1.807) is 13.2 Å². The third-order valence-corrected chi connectivity index (χ3v) is 11.1. The molecule has 8 rings (SSSR count). The van der Waals surface area contributed by atoms with Crippen molar-refractivity contribution in [3.63, 3.8) is 0 Å². The molecule has 2 aliphatic heterocycles. The van der Waals surface area contributed by atoms with Crippen LogP contribution in [0.25, 0.3) is 5.57 Å². The van der Waals surface area contributed by atoms with E-state index in [4.69, 9.17) is 14.2 Å². The number of hydrogen-bond acceptors (Lipinski definition) is 6. The molecule has 0 amide bonds. The number of H-pyrrole nitrogens is 1. The summed E-state index contributed by atoms with van der Waals surface area (Å²) in [4.78, 5) is 30.6. The van der Waals surface area contributed by atoms with Gasteiger partial charge in [-0.25, -0.2) is 0 Å². The molecule has 2 fully saturated rings. The molecule has 1 aromatic heterocycles. The van der Waals surface area contributed by atoms with Crippen LogP contribution in [-0.4, -0.2) is 52.7 Å². The van der Waals surface area contributed by atoms with Crippen LogP contribution < -0.4 is 14.2 Å². The fourth-order valence-electron chi connectivity index (χ4n) is 7.64. The first kappa shape index (κ1) is 24.4. The van der Waals surface area contributed by atoms with Gasteiger partial charge in [0, 0.05) is 40.1 Å². The minimum atomic E-state index is -1.09. The Morgan fingerprint density at radius 1 is 1.13 bits per heavy atom. The smallest absolute Gasteiger partial charge is 0.311 e. The first-order valence-corrected chi connectivity index (χ1v) is 14.2. The summed E-state index contributed by atoms with van der Waals surface area (Å²) in [5, 5.41) is 10.1. The molecule has 1 saturated carbocycles. The maximum absolute atomic E-state index is 14.0. The highest BCUT2D eigenvalue weighted by Crippen LogP contribution is 2.72. The van der Waals surface area contributed by atoms with Gasteiger partial charge in [0.1, 0.15) is 19.0 Å². The second-order valence-corrected chi connectivity index (χ2v) is 12.2. The number of fused-ring (bicyclic) bond motifs is 2. The fourth-order valence-corrected chi connectivity index (χ4v) is 9.83. The summed E-state index contributed by atoms with van der Waals surface area (Å²) in [5.74, 6) is 0.807. The number of carbonyl (C=O) groups excluding carboxylic acids is 1. The molecule has 3 aliphatic carbocycles. The predicted octanol–water partition coefficient (Wildman–Crippen LogP) is 5.20. The van der Waals surface area contributed by atoms with E-state index in [1.807, 2.05) is 48.8 Å². The van der Waals surface area contributed by atoms with E-state index in [1.165, 1.54) is 11.8 Å². The third-order valence-electron chi connectivity index (χ3n) is 9.30. The summed E-state index contributed by atoms with van der Waals surface area (Å²) in [5.41, 5.74) is 2.49. The van der Waals surface area contributed by atoms with E-state index in [0.717, 1.165) is 29.5 Å². The molecule has 3 heterocycles. The molecular weight excluding hydrogens is 514 g/mol. The number of thioether (sulfide) groups is 1. The molecule has 1 saturated heterocycles. The number of aliphatic carboxylic acids is 1. The Bertz CT molecular complexity index is 1530. The van der Waals surface area contributed by atoms with Gasteiger partial charge in [0.2, 0.25) is 0 Å². The van der Waals surface area contributed by atoms with E-state index >= 15 is 0 Å². The van der Waals surface area contributed by atoms with Gasteiger partial charge < -0.3 is 24.3 Å². The number of ketones is 1. The molecule has 5 atom stereocenters. The highest BCUT2D eigenvalue weighted by molar-refractivity contribution is 8.01. The number of para-hydroxylation sites is 1. The standard InChI is InChI=1S/C31H29NO6S/c1-17(19-5-3-4-6-23(19)36-2)27(33)26-14-31(29(34)35)21-9-10-30(28(31)39-26,22-16-32-15-20(21)22)18-7-8-24-25(13-18)38-12-11-37-24/h3-8,13,15-16,21,26,28,32H,1,9-12,14H2,2H3,(H,34,35). The Morgan fingerprint density at radius 2 is 1.92 bits per heavy atom. The molecule has 5 aliphatic rings. The first-order chi connectivity index (χ1) is 18.9. The van der Waals surface area contributed by atoms with Crippen molar-refractivity contribution in [3.05, 3.63) is 83.7 Å². The molecule has 5 unspecified atom stereocenters. The number of nitrogens with one attached hydrogen (secondary N) is 1. The number of methoxy groups -OCH3 is 1. The second-order valence-electron chi connectivity index (χ2n) is 10.8. The van der Waals surface area contributed by atoms with Gasteiger partial charge in [0.25, 0.3) is 0 Å². The van der Waals surface area contributed by atoms with Crippen LogP contribution in [0.2, 0.25) is 0 Å². The molecule has 39 heavy (non-hydrogen) atoms. The molecule has 2 N–H and O–H groups in total. The van der Waals surface area contributed by atoms with Crippen molar-refractivity contribution in [2.45, 2.75) is 41.1 Å². The van der Waals surface area contributed by atoms with Crippen molar-refractivity contribution in [2.75, 3.05) is 20.3 Å². The molecule has 0 spiro atoms. The van der Waals surface area contributed by atoms with Gasteiger partial charge in [0.05, 0.1) is 17.8 Å². The lowest BCUT2D eigenvalue weighted by molar-refractivity contribution is -0.154. The molecule has 3 aromatic rings. The number of carboxylic acids is 1. The number of benzene rings is 2. The molecule has 2 bridgehead atoms. The maximum Gasteiger partial charge on any atom is 0.311 e. The number of carboxylic acid groups (broad SMARTS) is 1. The van der Waals surface area contributed by atoms with E-state index in [2.05, 4.69) is 11.6 Å². The monoisotopic (exact) mass is 543 g/mol. The SMILES string of the molecule is C=C(C(=O)C1CC2(C(=O)O)C3CCC(c4ccc5c(c4)OCCO5)(c4c[nH]cc43)C2S1)c1ccccc1OC. The lowest BCUT2D eigenvalue weighted by atomic mass is 9.45. The number of aromatic amines is 1. The van der Waals surface area contributed by atoms with Crippen molar-refractivity contribution in [3.8, 4) is 17.2 Å². The van der Waals surface area contributed by atoms with E-state index in [-0.39, 0.29) is 23.4 Å². The zero-order valence-corrected chi connectivity index (χ0v) is 22.4. The average molecular weight is 544 g/mol. The van der Waals surface area contributed by atoms with E-state index in [0.29, 0.717) is 41.6 Å². The summed E-state index contributed by atoms with van der Waals surface area (Å²) in [6.45, 7) is 5.12. The van der Waals surface area contributed by atoms with Gasteiger partial charge in [-0.3, -0.25) is 9.59 Å². The van der Waals surface area contributed by atoms with Gasteiger partial charge in [0.15, 0.2) is 17.3 Å². The predicted molar refractivity (Wildman–Crippen MR) is 148 cm³/mol. The van der Waals surface area contributed by atoms with Crippen LogP contribution in [0.15, 0.2) is 61.4 Å². The lowest BCUT2D eigenvalue weighted by Gasteiger charge is -2.58. The van der Waals surface area contributed by atoms with Crippen molar-refractivity contribution in [1.82, 2.24) is 4.98 Å². The molecule has 8 heteroatoms. The molecule has 7 nitrogen and oxygen atoms in total. The van der Waals surface area contributed by atoms with Crippen LogP contribution in [0.1, 0.15) is 47.4 Å². The van der Waals surface area contributed by atoms with Crippen LogP contribution in [0.3, 0.4) is 0 Å². The number of Topliss-reactive ketones (excluding diaryl/α,β-unsaturated/α-hetero) is 1. The highest BCUT2D eigenvalue weighted by atomic mass is 32.2. The number of aromatic nitrogens is 1. The normalized spacial score (nSPS) is 29.8. The van der Waals surface area contributed by atoms with Crippen molar-refractivity contribution >= 4 is 29.1 Å². The Kier molecular flexibility index (Phi) is 5.43. The van der Waals surface area contributed by atoms with E-state index < -0.39 is 22.0 Å². The van der Waals surface area contributed by atoms with Crippen LogP contribution in [0, 0.1) is 5.41 Å². The van der Waals surface area contributed by atoms with Crippen molar-refractivity contribution < 1.29 is 28.9 Å². The van der Waals surface area contributed by atoms with E-state index in [9.17, 15) is 14.7 Å². The fraction of sp³-hybridized carbons (Fsp3) is 0.355. The Hall–Kier alpha value is -3.65. The number of ether oxygens (including phenoxy) is 3. The topological polar surface area (TPSA) is 97.9 Å². The average Bonchev–Trinajstić information content (AvgIpc) is 3.64. The van der Waals surface area contributed by atoms with Crippen LogP contribution in [-0.2, 0) is 15.0 Å².